The largest absolute Gasteiger partial charge is 0.465 e. The maximum absolute atomic E-state index is 12.0. The summed E-state index contributed by atoms with van der Waals surface area (Å²) in [5.41, 5.74) is 7.04. The molecule has 0 bridgehead atoms. The number of benzene rings is 2. The molecule has 1 saturated heterocycles. The van der Waals surface area contributed by atoms with Crippen LogP contribution in [-0.2, 0) is 16.1 Å². The Labute approximate surface area is 200 Å². The number of esters is 1. The second-order valence-electron chi connectivity index (χ2n) is 8.75. The van der Waals surface area contributed by atoms with Gasteiger partial charge in [-0.3, -0.25) is 4.98 Å². The topological polar surface area (TPSA) is 66.9 Å². The molecule has 1 fully saturated rings. The van der Waals surface area contributed by atoms with Gasteiger partial charge in [0.2, 0.25) is 0 Å². The standard InChI is InChI=1S/C27H30N4O3/c1-30(20-5-7-21(8-6-20)31-13-3-4-14-31)22-9-10-23-19(15-22)18-34-26(23)17-29-25-16-28-12-11-24(25)27(32)33-2/h5-12,15-16,26,29H,3-4,13-14,17-18H2,1-2H3/t26-/m0/s1. The molecule has 0 spiro atoms. The van der Waals surface area contributed by atoms with E-state index < -0.39 is 5.97 Å². The van der Waals surface area contributed by atoms with Crippen molar-refractivity contribution in [2.45, 2.75) is 25.6 Å². The highest BCUT2D eigenvalue weighted by Crippen LogP contribution is 2.35. The molecule has 0 amide bonds. The number of nitrogens with zero attached hydrogens (tertiary/aromatic N) is 3. The molecule has 2 aliphatic heterocycles. The maximum Gasteiger partial charge on any atom is 0.340 e. The Morgan fingerprint density at radius 3 is 2.68 bits per heavy atom. The fourth-order valence-corrected chi connectivity index (χ4v) is 4.73. The number of hydrogen-bond donors (Lipinski definition) is 1. The van der Waals surface area contributed by atoms with Crippen LogP contribution in [0, 0.1) is 0 Å². The molecule has 7 heteroatoms. The maximum atomic E-state index is 12.0. The van der Waals surface area contributed by atoms with Crippen molar-refractivity contribution in [3.63, 3.8) is 0 Å². The van der Waals surface area contributed by atoms with Crippen LogP contribution in [0.1, 0.15) is 40.4 Å². The Kier molecular flexibility index (Phi) is 6.36. The minimum Gasteiger partial charge on any atom is -0.465 e. The number of carbonyl (C=O) groups excluding carboxylic acids is 1. The summed E-state index contributed by atoms with van der Waals surface area (Å²) in [4.78, 5) is 20.8. The number of fused-ring (bicyclic) bond motifs is 1. The highest BCUT2D eigenvalue weighted by atomic mass is 16.5. The van der Waals surface area contributed by atoms with E-state index in [1.165, 1.54) is 31.2 Å². The summed E-state index contributed by atoms with van der Waals surface area (Å²) >= 11 is 0. The number of ether oxygens (including phenoxy) is 2. The van der Waals surface area contributed by atoms with Gasteiger partial charge in [-0.25, -0.2) is 4.79 Å². The Balaban J connectivity index is 1.26. The average Bonchev–Trinajstić information content (AvgIpc) is 3.57. The summed E-state index contributed by atoms with van der Waals surface area (Å²) in [5, 5.41) is 3.30. The number of methoxy groups -OCH3 is 1. The van der Waals surface area contributed by atoms with Crippen molar-refractivity contribution in [3.05, 3.63) is 77.6 Å². The fourth-order valence-electron chi connectivity index (χ4n) is 4.73. The molecule has 2 aliphatic rings. The second-order valence-corrected chi connectivity index (χ2v) is 8.75. The van der Waals surface area contributed by atoms with Crippen molar-refractivity contribution in [1.29, 1.82) is 0 Å². The second kappa shape index (κ2) is 9.73. The van der Waals surface area contributed by atoms with Crippen LogP contribution in [0.5, 0.6) is 0 Å². The van der Waals surface area contributed by atoms with Gasteiger partial charge in [0.25, 0.3) is 0 Å². The highest BCUT2D eigenvalue weighted by Gasteiger charge is 2.25. The van der Waals surface area contributed by atoms with Gasteiger partial charge in [-0.1, -0.05) is 6.07 Å². The summed E-state index contributed by atoms with van der Waals surface area (Å²) in [6, 6.07) is 17.0. The van der Waals surface area contributed by atoms with Crippen molar-refractivity contribution >= 4 is 28.7 Å². The average molecular weight is 459 g/mol. The van der Waals surface area contributed by atoms with Crippen LogP contribution in [0.25, 0.3) is 0 Å². The lowest BCUT2D eigenvalue weighted by molar-refractivity contribution is 0.0600. The summed E-state index contributed by atoms with van der Waals surface area (Å²) in [6.45, 7) is 3.41. The van der Waals surface area contributed by atoms with Gasteiger partial charge in [0.15, 0.2) is 0 Å². The molecule has 34 heavy (non-hydrogen) atoms. The first kappa shape index (κ1) is 22.2. The highest BCUT2D eigenvalue weighted by molar-refractivity contribution is 5.95. The van der Waals surface area contributed by atoms with Crippen molar-refractivity contribution in [2.24, 2.45) is 0 Å². The lowest BCUT2D eigenvalue weighted by atomic mass is 10.0. The van der Waals surface area contributed by atoms with Crippen LogP contribution in [0.3, 0.4) is 0 Å². The molecular weight excluding hydrogens is 428 g/mol. The summed E-state index contributed by atoms with van der Waals surface area (Å²) in [5.74, 6) is -0.390. The molecule has 1 atom stereocenters. The Morgan fingerprint density at radius 2 is 1.91 bits per heavy atom. The van der Waals surface area contributed by atoms with Gasteiger partial charge in [-0.15, -0.1) is 0 Å². The quantitative estimate of drug-likeness (QED) is 0.504. The zero-order valence-electron chi connectivity index (χ0n) is 19.7. The molecule has 176 valence electrons. The Hall–Kier alpha value is -3.58. The first-order chi connectivity index (χ1) is 16.6. The van der Waals surface area contributed by atoms with E-state index in [1.54, 1.807) is 18.5 Å². The molecule has 7 nitrogen and oxygen atoms in total. The van der Waals surface area contributed by atoms with E-state index in [9.17, 15) is 4.79 Å². The Bertz CT molecular complexity index is 1160. The van der Waals surface area contributed by atoms with E-state index in [-0.39, 0.29) is 6.10 Å². The van der Waals surface area contributed by atoms with Gasteiger partial charge in [0.05, 0.1) is 31.2 Å². The van der Waals surface area contributed by atoms with Gasteiger partial charge in [0, 0.05) is 49.9 Å². The smallest absolute Gasteiger partial charge is 0.340 e. The van der Waals surface area contributed by atoms with Crippen LogP contribution in [0.2, 0.25) is 0 Å². The van der Waals surface area contributed by atoms with E-state index in [0.29, 0.717) is 24.4 Å². The van der Waals surface area contributed by atoms with E-state index in [0.717, 1.165) is 30.0 Å². The minimum absolute atomic E-state index is 0.0974. The number of anilines is 4. The number of nitrogens with one attached hydrogen (secondary N) is 1. The molecule has 3 heterocycles. The molecule has 0 radical (unpaired) electrons. The van der Waals surface area contributed by atoms with Gasteiger partial charge in [0.1, 0.15) is 6.10 Å². The monoisotopic (exact) mass is 458 g/mol. The molecule has 0 unspecified atom stereocenters. The lowest BCUT2D eigenvalue weighted by Crippen LogP contribution is -2.17. The molecule has 1 aromatic heterocycles. The molecule has 0 saturated carbocycles. The molecular formula is C27H30N4O3. The fraction of sp³-hybridized carbons (Fsp3) is 0.333. The predicted molar refractivity (Wildman–Crippen MR) is 134 cm³/mol. The first-order valence-corrected chi connectivity index (χ1v) is 11.7. The van der Waals surface area contributed by atoms with E-state index in [2.05, 4.69) is 69.6 Å². The third-order valence-corrected chi connectivity index (χ3v) is 6.71. The normalized spacial score (nSPS) is 16.9. The third kappa shape index (κ3) is 4.43. The summed E-state index contributed by atoms with van der Waals surface area (Å²) in [6.07, 6.45) is 5.68. The number of carbonyl (C=O) groups is 1. The molecule has 3 aromatic rings. The van der Waals surface area contributed by atoms with Crippen LogP contribution in [-0.4, -0.2) is 44.7 Å². The van der Waals surface area contributed by atoms with Gasteiger partial charge in [-0.2, -0.15) is 0 Å². The number of hydrogen-bond acceptors (Lipinski definition) is 7. The Morgan fingerprint density at radius 1 is 1.15 bits per heavy atom. The lowest BCUT2D eigenvalue weighted by Gasteiger charge is -2.23. The molecule has 2 aromatic carbocycles. The summed E-state index contributed by atoms with van der Waals surface area (Å²) in [7, 11) is 3.47. The molecule has 0 aliphatic carbocycles. The van der Waals surface area contributed by atoms with Crippen LogP contribution < -0.4 is 15.1 Å². The SMILES string of the molecule is COC(=O)c1ccncc1NC[C@@H]1OCc2cc(N(C)c3ccc(N4CCCC4)cc3)ccc21. The molecule has 1 N–H and O–H groups in total. The van der Waals surface area contributed by atoms with Crippen molar-refractivity contribution in [3.8, 4) is 0 Å². The van der Waals surface area contributed by atoms with E-state index >= 15 is 0 Å². The van der Waals surface area contributed by atoms with Crippen LogP contribution >= 0.6 is 0 Å². The van der Waals surface area contributed by atoms with Gasteiger partial charge >= 0.3 is 5.97 Å². The number of aromatic nitrogens is 1. The minimum atomic E-state index is -0.390. The van der Waals surface area contributed by atoms with Crippen LogP contribution in [0.4, 0.5) is 22.7 Å². The van der Waals surface area contributed by atoms with Crippen molar-refractivity contribution in [1.82, 2.24) is 4.98 Å². The third-order valence-electron chi connectivity index (χ3n) is 6.71. The predicted octanol–water partition coefficient (Wildman–Crippen LogP) is 4.92. The van der Waals surface area contributed by atoms with Gasteiger partial charge in [-0.05, 0) is 66.4 Å². The van der Waals surface area contributed by atoms with E-state index in [4.69, 9.17) is 9.47 Å². The van der Waals surface area contributed by atoms with Crippen molar-refractivity contribution in [2.75, 3.05) is 48.9 Å². The summed E-state index contributed by atoms with van der Waals surface area (Å²) < 4.78 is 10.9. The van der Waals surface area contributed by atoms with Crippen molar-refractivity contribution < 1.29 is 14.3 Å². The molecule has 5 rings (SSSR count). The number of pyridine rings is 1. The zero-order valence-corrected chi connectivity index (χ0v) is 19.7. The van der Waals surface area contributed by atoms with Crippen LogP contribution in [0.15, 0.2) is 60.9 Å². The van der Waals surface area contributed by atoms with E-state index in [1.807, 2.05) is 0 Å². The first-order valence-electron chi connectivity index (χ1n) is 11.7. The van der Waals surface area contributed by atoms with Gasteiger partial charge < -0.3 is 24.6 Å². The number of rotatable bonds is 7. The zero-order chi connectivity index (χ0) is 23.5.